The molecule has 0 spiro atoms. The third-order valence-electron chi connectivity index (χ3n) is 3.84. The van der Waals surface area contributed by atoms with E-state index in [9.17, 15) is 4.39 Å². The van der Waals surface area contributed by atoms with Gasteiger partial charge in [0.1, 0.15) is 11.6 Å². The van der Waals surface area contributed by atoms with Crippen molar-refractivity contribution in [2.24, 2.45) is 0 Å². The lowest BCUT2D eigenvalue weighted by molar-refractivity contribution is 0.628. The van der Waals surface area contributed by atoms with Crippen LogP contribution in [0, 0.1) is 19.7 Å². The Labute approximate surface area is 131 Å². The van der Waals surface area contributed by atoms with Crippen molar-refractivity contribution >= 4 is 28.2 Å². The molecule has 4 rings (SSSR count). The molecule has 4 aromatic rings. The van der Waals surface area contributed by atoms with Crippen LogP contribution in [0.1, 0.15) is 11.4 Å². The number of rotatable bonds is 2. The zero-order valence-electron chi connectivity index (χ0n) is 12.7. The molecular weight excluding hydrogens is 293 g/mol. The Morgan fingerprint density at radius 3 is 2.74 bits per heavy atom. The molecule has 6 heteroatoms. The number of halogens is 1. The zero-order chi connectivity index (χ0) is 16.0. The molecule has 23 heavy (non-hydrogen) atoms. The monoisotopic (exact) mass is 307 g/mol. The number of nitrogens with one attached hydrogen (secondary N) is 1. The molecule has 2 aromatic carbocycles. The Bertz CT molecular complexity index is 1040. The fourth-order valence-corrected chi connectivity index (χ4v) is 2.66. The van der Waals surface area contributed by atoms with E-state index in [1.165, 1.54) is 12.1 Å². The number of aromatic nitrogens is 4. The molecule has 0 aliphatic rings. The maximum Gasteiger partial charge on any atom is 0.204 e. The second-order valence-corrected chi connectivity index (χ2v) is 5.44. The summed E-state index contributed by atoms with van der Waals surface area (Å²) in [5, 5.41) is 11.5. The Morgan fingerprint density at radius 1 is 1.04 bits per heavy atom. The lowest BCUT2D eigenvalue weighted by atomic mass is 10.2. The lowest BCUT2D eigenvalue weighted by Crippen LogP contribution is -2.02. The first-order chi connectivity index (χ1) is 11.1. The van der Waals surface area contributed by atoms with E-state index in [2.05, 4.69) is 20.5 Å². The van der Waals surface area contributed by atoms with Gasteiger partial charge in [0.15, 0.2) is 5.82 Å². The molecule has 114 valence electrons. The second-order valence-electron chi connectivity index (χ2n) is 5.44. The SMILES string of the molecule is Cc1ccc(F)cc1Nc1nc2ccccc2n2c(C)nnc12. The summed E-state index contributed by atoms with van der Waals surface area (Å²) in [5.41, 5.74) is 3.96. The van der Waals surface area contributed by atoms with E-state index in [0.29, 0.717) is 17.2 Å². The van der Waals surface area contributed by atoms with Crippen LogP contribution in [-0.2, 0) is 0 Å². The zero-order valence-corrected chi connectivity index (χ0v) is 12.7. The molecule has 0 bridgehead atoms. The van der Waals surface area contributed by atoms with Crippen LogP contribution in [0.4, 0.5) is 15.9 Å². The number of hydrogen-bond donors (Lipinski definition) is 1. The van der Waals surface area contributed by atoms with Gasteiger partial charge in [-0.2, -0.15) is 0 Å². The van der Waals surface area contributed by atoms with E-state index in [0.717, 1.165) is 22.4 Å². The summed E-state index contributed by atoms with van der Waals surface area (Å²) in [6, 6.07) is 12.4. The summed E-state index contributed by atoms with van der Waals surface area (Å²) in [6.07, 6.45) is 0. The highest BCUT2D eigenvalue weighted by molar-refractivity contribution is 5.84. The standard InChI is InChI=1S/C17H14FN5/c1-10-7-8-12(18)9-14(10)20-16-17-22-21-11(2)23(17)15-6-4-3-5-13(15)19-16/h3-9H,1-2H3,(H,19,20). The molecule has 0 aliphatic carbocycles. The van der Waals surface area contributed by atoms with Gasteiger partial charge in [0.2, 0.25) is 5.65 Å². The number of para-hydroxylation sites is 2. The first-order valence-electron chi connectivity index (χ1n) is 7.27. The molecule has 0 aliphatic heterocycles. The molecule has 5 nitrogen and oxygen atoms in total. The predicted molar refractivity (Wildman–Crippen MR) is 87.4 cm³/mol. The van der Waals surface area contributed by atoms with Gasteiger partial charge in [-0.05, 0) is 43.7 Å². The molecule has 1 N–H and O–H groups in total. The molecule has 0 saturated carbocycles. The van der Waals surface area contributed by atoms with Crippen LogP contribution in [0.15, 0.2) is 42.5 Å². The smallest absolute Gasteiger partial charge is 0.204 e. The molecule has 0 radical (unpaired) electrons. The minimum absolute atomic E-state index is 0.299. The van der Waals surface area contributed by atoms with Gasteiger partial charge in [-0.15, -0.1) is 10.2 Å². The van der Waals surface area contributed by atoms with E-state index < -0.39 is 0 Å². The Balaban J connectivity index is 1.97. The van der Waals surface area contributed by atoms with E-state index >= 15 is 0 Å². The number of nitrogens with zero attached hydrogens (tertiary/aromatic N) is 4. The van der Waals surface area contributed by atoms with Crippen LogP contribution in [0.25, 0.3) is 16.7 Å². The minimum Gasteiger partial charge on any atom is -0.337 e. The van der Waals surface area contributed by atoms with Gasteiger partial charge in [0, 0.05) is 5.69 Å². The van der Waals surface area contributed by atoms with E-state index in [1.807, 2.05) is 42.5 Å². The highest BCUT2D eigenvalue weighted by atomic mass is 19.1. The summed E-state index contributed by atoms with van der Waals surface area (Å²) < 4.78 is 15.5. The first-order valence-corrected chi connectivity index (χ1v) is 7.27. The average molecular weight is 307 g/mol. The van der Waals surface area contributed by atoms with Crippen molar-refractivity contribution in [3.05, 3.63) is 59.7 Å². The number of hydrogen-bond acceptors (Lipinski definition) is 4. The van der Waals surface area contributed by atoms with Gasteiger partial charge in [0.05, 0.1) is 11.0 Å². The van der Waals surface area contributed by atoms with Gasteiger partial charge >= 0.3 is 0 Å². The predicted octanol–water partition coefficient (Wildman–Crippen LogP) is 3.78. The Kier molecular flexibility index (Phi) is 2.97. The van der Waals surface area contributed by atoms with Crippen LogP contribution in [0.5, 0.6) is 0 Å². The molecular formula is C17H14FN5. The third kappa shape index (κ3) is 2.19. The number of anilines is 2. The quantitative estimate of drug-likeness (QED) is 0.612. The van der Waals surface area contributed by atoms with Crippen LogP contribution in [0.3, 0.4) is 0 Å². The van der Waals surface area contributed by atoms with Crippen LogP contribution in [-0.4, -0.2) is 19.6 Å². The van der Waals surface area contributed by atoms with Gasteiger partial charge < -0.3 is 5.32 Å². The molecule has 0 saturated heterocycles. The Hall–Kier alpha value is -3.02. The van der Waals surface area contributed by atoms with Crippen molar-refractivity contribution in [1.82, 2.24) is 19.6 Å². The molecule has 2 heterocycles. The van der Waals surface area contributed by atoms with Crippen LogP contribution in [0.2, 0.25) is 0 Å². The molecule has 0 unspecified atom stereocenters. The van der Waals surface area contributed by atoms with Crippen molar-refractivity contribution in [2.45, 2.75) is 13.8 Å². The van der Waals surface area contributed by atoms with Crippen molar-refractivity contribution in [3.63, 3.8) is 0 Å². The number of aryl methyl sites for hydroxylation is 2. The van der Waals surface area contributed by atoms with Gasteiger partial charge in [-0.3, -0.25) is 4.40 Å². The Morgan fingerprint density at radius 2 is 1.87 bits per heavy atom. The minimum atomic E-state index is -0.299. The highest BCUT2D eigenvalue weighted by Crippen LogP contribution is 2.26. The van der Waals surface area contributed by atoms with Crippen LogP contribution < -0.4 is 5.32 Å². The fourth-order valence-electron chi connectivity index (χ4n) is 2.66. The summed E-state index contributed by atoms with van der Waals surface area (Å²) in [5.74, 6) is 1.03. The molecule has 0 fully saturated rings. The van der Waals surface area contributed by atoms with Gasteiger partial charge in [0.25, 0.3) is 0 Å². The summed E-state index contributed by atoms with van der Waals surface area (Å²) >= 11 is 0. The largest absolute Gasteiger partial charge is 0.337 e. The molecule has 0 amide bonds. The van der Waals surface area contributed by atoms with Gasteiger partial charge in [-0.1, -0.05) is 18.2 Å². The van der Waals surface area contributed by atoms with Crippen molar-refractivity contribution in [1.29, 1.82) is 0 Å². The van der Waals surface area contributed by atoms with Crippen LogP contribution >= 0.6 is 0 Å². The highest BCUT2D eigenvalue weighted by Gasteiger charge is 2.13. The summed E-state index contributed by atoms with van der Waals surface area (Å²) in [7, 11) is 0. The van der Waals surface area contributed by atoms with E-state index in [-0.39, 0.29) is 5.82 Å². The van der Waals surface area contributed by atoms with Gasteiger partial charge in [-0.25, -0.2) is 9.37 Å². The van der Waals surface area contributed by atoms with E-state index in [4.69, 9.17) is 0 Å². The van der Waals surface area contributed by atoms with Crippen molar-refractivity contribution in [3.8, 4) is 0 Å². The molecule has 2 aromatic heterocycles. The number of fused-ring (bicyclic) bond motifs is 3. The van der Waals surface area contributed by atoms with Crippen molar-refractivity contribution in [2.75, 3.05) is 5.32 Å². The maximum atomic E-state index is 13.5. The lowest BCUT2D eigenvalue weighted by Gasteiger charge is -2.11. The topological polar surface area (TPSA) is 55.1 Å². The van der Waals surface area contributed by atoms with Crippen molar-refractivity contribution < 1.29 is 4.39 Å². The fraction of sp³-hybridized carbons (Fsp3) is 0.118. The summed E-state index contributed by atoms with van der Waals surface area (Å²) in [4.78, 5) is 4.63. The molecule has 0 atom stereocenters. The first kappa shape index (κ1) is 13.6. The average Bonchev–Trinajstić information content (AvgIpc) is 2.94. The van der Waals surface area contributed by atoms with E-state index in [1.54, 1.807) is 6.07 Å². The normalized spacial score (nSPS) is 11.3. The maximum absolute atomic E-state index is 13.5. The third-order valence-corrected chi connectivity index (χ3v) is 3.84. The summed E-state index contributed by atoms with van der Waals surface area (Å²) in [6.45, 7) is 3.80. The number of benzene rings is 2. The second kappa shape index (κ2) is 5.01.